The maximum Gasteiger partial charge on any atom is 0.324 e. The predicted octanol–water partition coefficient (Wildman–Crippen LogP) is 4.24. The summed E-state index contributed by atoms with van der Waals surface area (Å²) in [6.07, 6.45) is 6.17. The highest BCUT2D eigenvalue weighted by atomic mass is 16.5. The predicted molar refractivity (Wildman–Crippen MR) is 115 cm³/mol. The van der Waals surface area contributed by atoms with Gasteiger partial charge in [-0.1, -0.05) is 86.2 Å². The van der Waals surface area contributed by atoms with Crippen molar-refractivity contribution in [2.45, 2.75) is 37.8 Å². The summed E-state index contributed by atoms with van der Waals surface area (Å²) in [7, 11) is 0. The molecule has 30 heavy (non-hydrogen) atoms. The number of nitrogens with zero attached hydrogens (tertiary/aromatic N) is 1. The topological polar surface area (TPSA) is 46.6 Å². The molecule has 2 heterocycles. The molecule has 4 bridgehead atoms. The Bertz CT molecular complexity index is 970. The number of hydrogen-bond donors (Lipinski definition) is 0. The summed E-state index contributed by atoms with van der Waals surface area (Å²) < 4.78 is 5.69. The molecule has 0 spiro atoms. The third-order valence-electron chi connectivity index (χ3n) is 7.15. The molecule has 2 fully saturated rings. The Balaban J connectivity index is 1.61. The lowest BCUT2D eigenvalue weighted by Crippen LogP contribution is -2.50. The lowest BCUT2D eigenvalue weighted by Gasteiger charge is -2.41. The monoisotopic (exact) mass is 401 g/mol. The number of carbonyl (C=O) groups is 2. The molecule has 0 radical (unpaired) electrons. The van der Waals surface area contributed by atoms with Gasteiger partial charge >= 0.3 is 5.97 Å². The molecule has 6 atom stereocenters. The van der Waals surface area contributed by atoms with E-state index in [4.69, 9.17) is 4.74 Å². The molecule has 4 nitrogen and oxygen atoms in total. The van der Waals surface area contributed by atoms with Gasteiger partial charge in [0.2, 0.25) is 0 Å². The van der Waals surface area contributed by atoms with E-state index in [1.54, 1.807) is 0 Å². The van der Waals surface area contributed by atoms with E-state index < -0.39 is 11.5 Å². The highest BCUT2D eigenvalue weighted by Gasteiger charge is 2.73. The fourth-order valence-corrected chi connectivity index (χ4v) is 5.94. The molecule has 5 rings (SSSR count). The van der Waals surface area contributed by atoms with Crippen LogP contribution in [0.3, 0.4) is 0 Å². The quantitative estimate of drug-likeness (QED) is 0.301. The molecular weight excluding hydrogens is 374 g/mol. The first-order valence-corrected chi connectivity index (χ1v) is 10.9. The zero-order valence-electron chi connectivity index (χ0n) is 17.2. The molecular formula is C26H27NO3. The first-order valence-electron chi connectivity index (χ1n) is 10.9. The summed E-state index contributed by atoms with van der Waals surface area (Å²) in [4.78, 5) is 29.6. The van der Waals surface area contributed by atoms with E-state index in [0.29, 0.717) is 6.61 Å². The number of hydrogen-bond acceptors (Lipinski definition) is 4. The fourth-order valence-electron chi connectivity index (χ4n) is 5.94. The van der Waals surface area contributed by atoms with Crippen LogP contribution < -0.4 is 0 Å². The second-order valence-electron chi connectivity index (χ2n) is 8.62. The third kappa shape index (κ3) is 2.63. The highest BCUT2D eigenvalue weighted by Crippen LogP contribution is 2.65. The molecule has 0 saturated carbocycles. The van der Waals surface area contributed by atoms with Crippen LogP contribution in [0.25, 0.3) is 0 Å². The second kappa shape index (κ2) is 7.51. The van der Waals surface area contributed by atoms with E-state index in [1.807, 2.05) is 48.5 Å². The summed E-state index contributed by atoms with van der Waals surface area (Å²) >= 11 is 0. The van der Waals surface area contributed by atoms with E-state index in [1.165, 1.54) is 0 Å². The molecule has 154 valence electrons. The Morgan fingerprint density at radius 3 is 2.43 bits per heavy atom. The summed E-state index contributed by atoms with van der Waals surface area (Å²) in [5.41, 5.74) is 1.11. The van der Waals surface area contributed by atoms with Crippen LogP contribution in [0.15, 0.2) is 72.8 Å². The minimum Gasteiger partial charge on any atom is -0.465 e. The summed E-state index contributed by atoms with van der Waals surface area (Å²) in [5, 5.41) is 0. The maximum absolute atomic E-state index is 14.1. The van der Waals surface area contributed by atoms with Crippen molar-refractivity contribution in [2.75, 3.05) is 13.2 Å². The smallest absolute Gasteiger partial charge is 0.324 e. The number of carbonyl (C=O) groups excluding carboxylic acids is 2. The largest absolute Gasteiger partial charge is 0.465 e. The average Bonchev–Trinajstić information content (AvgIpc) is 3.42. The maximum atomic E-state index is 14.1. The number of ether oxygens (including phenoxy) is 1. The molecule has 6 unspecified atom stereocenters. The summed E-state index contributed by atoms with van der Waals surface area (Å²) in [5.74, 6) is -0.165. The number of Topliss-reactive ketones (excluding diaryl/α,β-unsaturated/α-hetero) is 1. The third-order valence-corrected chi connectivity index (χ3v) is 7.15. The Kier molecular flexibility index (Phi) is 4.82. The second-order valence-corrected chi connectivity index (χ2v) is 8.62. The van der Waals surface area contributed by atoms with Gasteiger partial charge in [-0.15, -0.1) is 0 Å². The first kappa shape index (κ1) is 19.3. The number of esters is 1. The molecule has 2 saturated heterocycles. The van der Waals surface area contributed by atoms with Gasteiger partial charge in [-0.05, 0) is 12.0 Å². The van der Waals surface area contributed by atoms with Crippen molar-refractivity contribution in [3.05, 3.63) is 83.9 Å². The van der Waals surface area contributed by atoms with Gasteiger partial charge in [0, 0.05) is 30.0 Å². The zero-order chi connectivity index (χ0) is 20.7. The van der Waals surface area contributed by atoms with Gasteiger partial charge in [0.1, 0.15) is 6.04 Å². The van der Waals surface area contributed by atoms with Crippen LogP contribution in [0.4, 0.5) is 0 Å². The van der Waals surface area contributed by atoms with Crippen LogP contribution in [0.1, 0.15) is 41.6 Å². The van der Waals surface area contributed by atoms with E-state index in [0.717, 1.165) is 30.5 Å². The van der Waals surface area contributed by atoms with Crippen molar-refractivity contribution in [1.29, 1.82) is 0 Å². The molecule has 2 aromatic rings. The minimum atomic E-state index is -0.656. The molecule has 2 aromatic carbocycles. The van der Waals surface area contributed by atoms with Gasteiger partial charge in [0.25, 0.3) is 0 Å². The summed E-state index contributed by atoms with van der Waals surface area (Å²) in [6.45, 7) is 3.25. The highest BCUT2D eigenvalue weighted by molar-refractivity contribution is 6.04. The summed E-state index contributed by atoms with van der Waals surface area (Å²) in [6, 6.07) is 19.1. The lowest BCUT2D eigenvalue weighted by molar-refractivity contribution is -0.150. The van der Waals surface area contributed by atoms with Gasteiger partial charge in [-0.25, -0.2) is 0 Å². The van der Waals surface area contributed by atoms with Gasteiger partial charge in [0.15, 0.2) is 5.78 Å². The standard InChI is InChI=1S/C26H27NO3/c1-2-3-16-30-25(29)23-22(18-10-6-4-7-11-18)26(20-14-15-21(26)27(23)17-20)24(28)19-12-8-5-9-13-19/h4-15,20-23H,2-3,16-17H2,1H3. The lowest BCUT2D eigenvalue weighted by atomic mass is 9.60. The molecule has 0 aromatic heterocycles. The van der Waals surface area contributed by atoms with Crippen LogP contribution in [0.5, 0.6) is 0 Å². The number of piperidine rings is 1. The van der Waals surface area contributed by atoms with Crippen LogP contribution >= 0.6 is 0 Å². The van der Waals surface area contributed by atoms with Crippen molar-refractivity contribution in [3.8, 4) is 0 Å². The van der Waals surface area contributed by atoms with Crippen molar-refractivity contribution < 1.29 is 14.3 Å². The van der Waals surface area contributed by atoms with E-state index in [-0.39, 0.29) is 29.6 Å². The SMILES string of the molecule is CCCCOC(=O)C1C(c2ccccc2)C2(C(=O)c3ccccc3)C3C=CC2N1C3. The van der Waals surface area contributed by atoms with Crippen LogP contribution in [-0.4, -0.2) is 41.9 Å². The van der Waals surface area contributed by atoms with Crippen molar-refractivity contribution >= 4 is 11.8 Å². The Hall–Kier alpha value is -2.72. The first-order chi connectivity index (χ1) is 14.7. The normalized spacial score (nSPS) is 33.0. The number of benzene rings is 2. The molecule has 0 amide bonds. The van der Waals surface area contributed by atoms with Crippen LogP contribution in [0.2, 0.25) is 0 Å². The van der Waals surface area contributed by atoms with Gasteiger partial charge in [-0.3, -0.25) is 14.5 Å². The van der Waals surface area contributed by atoms with Gasteiger partial charge in [-0.2, -0.15) is 0 Å². The van der Waals surface area contributed by atoms with Crippen molar-refractivity contribution in [1.82, 2.24) is 4.90 Å². The number of rotatable bonds is 7. The Morgan fingerprint density at radius 1 is 1.03 bits per heavy atom. The van der Waals surface area contributed by atoms with Gasteiger partial charge < -0.3 is 4.74 Å². The Labute approximate surface area is 177 Å². The Morgan fingerprint density at radius 2 is 1.73 bits per heavy atom. The molecule has 3 aliphatic rings. The molecule has 1 aliphatic carbocycles. The molecule has 4 heteroatoms. The average molecular weight is 402 g/mol. The number of ketones is 1. The van der Waals surface area contributed by atoms with E-state index >= 15 is 0 Å². The van der Waals surface area contributed by atoms with Crippen LogP contribution in [0, 0.1) is 11.3 Å². The minimum absolute atomic E-state index is 0.0656. The van der Waals surface area contributed by atoms with Crippen molar-refractivity contribution in [2.24, 2.45) is 11.3 Å². The van der Waals surface area contributed by atoms with Gasteiger partial charge in [0.05, 0.1) is 12.0 Å². The zero-order valence-corrected chi connectivity index (χ0v) is 17.2. The molecule has 0 N–H and O–H groups in total. The van der Waals surface area contributed by atoms with Crippen molar-refractivity contribution in [3.63, 3.8) is 0 Å². The van der Waals surface area contributed by atoms with E-state index in [2.05, 4.69) is 36.1 Å². The van der Waals surface area contributed by atoms with E-state index in [9.17, 15) is 9.59 Å². The number of unbranched alkanes of at least 4 members (excludes halogenated alkanes) is 1. The van der Waals surface area contributed by atoms with Crippen LogP contribution in [-0.2, 0) is 9.53 Å². The fraction of sp³-hybridized carbons (Fsp3) is 0.385. The molecule has 2 aliphatic heterocycles.